The summed E-state index contributed by atoms with van der Waals surface area (Å²) in [4.78, 5) is 16.7. The van der Waals surface area contributed by atoms with Crippen LogP contribution < -0.4 is 0 Å². The van der Waals surface area contributed by atoms with Crippen molar-refractivity contribution < 1.29 is 14.4 Å². The highest BCUT2D eigenvalue weighted by Crippen LogP contribution is 2.29. The summed E-state index contributed by atoms with van der Waals surface area (Å²) in [5, 5.41) is 14.0. The number of aliphatic hydroxyl groups excluding tert-OH is 1. The van der Waals surface area contributed by atoms with E-state index in [0.717, 1.165) is 51.0 Å². The van der Waals surface area contributed by atoms with E-state index in [-0.39, 0.29) is 5.91 Å². The van der Waals surface area contributed by atoms with Gasteiger partial charge in [0, 0.05) is 31.6 Å². The van der Waals surface area contributed by atoms with Gasteiger partial charge < -0.3 is 14.5 Å². The first-order chi connectivity index (χ1) is 13.2. The number of β-amino-alcohol motifs (C(OH)–C–C–N with tert-alkyl or cyclic N) is 1. The fourth-order valence-corrected chi connectivity index (χ4v) is 4.11. The minimum atomic E-state index is -0.431. The minimum absolute atomic E-state index is 0.158. The lowest BCUT2D eigenvalue weighted by atomic mass is 9.93. The Bertz CT molecular complexity index is 753. The van der Waals surface area contributed by atoms with Crippen molar-refractivity contribution in [2.75, 3.05) is 26.2 Å². The van der Waals surface area contributed by atoms with E-state index in [4.69, 9.17) is 4.52 Å². The number of aromatic nitrogens is 1. The number of benzene rings is 1. The van der Waals surface area contributed by atoms with E-state index in [2.05, 4.69) is 34.3 Å². The van der Waals surface area contributed by atoms with Crippen molar-refractivity contribution in [1.29, 1.82) is 0 Å². The van der Waals surface area contributed by atoms with Crippen LogP contribution in [-0.2, 0) is 6.54 Å². The highest BCUT2D eigenvalue weighted by molar-refractivity contribution is 5.91. The SMILES string of the molecule is O=C(c1cc(C2CCN(Cc3ccccc3)CC2)no1)N1CCC[C@@H](O)C1. The van der Waals surface area contributed by atoms with Gasteiger partial charge in [-0.25, -0.2) is 0 Å². The van der Waals surface area contributed by atoms with Gasteiger partial charge in [-0.05, 0) is 44.3 Å². The molecule has 27 heavy (non-hydrogen) atoms. The third-order valence-electron chi connectivity index (χ3n) is 5.68. The molecule has 0 aliphatic carbocycles. The van der Waals surface area contributed by atoms with Gasteiger partial charge in [0.25, 0.3) is 5.91 Å². The Morgan fingerprint density at radius 3 is 2.67 bits per heavy atom. The molecule has 4 rings (SSSR count). The van der Waals surface area contributed by atoms with E-state index in [9.17, 15) is 9.90 Å². The topological polar surface area (TPSA) is 69.8 Å². The van der Waals surface area contributed by atoms with Gasteiger partial charge >= 0.3 is 0 Å². The van der Waals surface area contributed by atoms with Gasteiger partial charge in [0.2, 0.25) is 5.76 Å². The lowest BCUT2D eigenvalue weighted by Crippen LogP contribution is -2.42. The molecule has 2 aliphatic rings. The Morgan fingerprint density at radius 2 is 1.93 bits per heavy atom. The van der Waals surface area contributed by atoms with Gasteiger partial charge in [-0.3, -0.25) is 9.69 Å². The molecule has 3 heterocycles. The van der Waals surface area contributed by atoms with E-state index in [0.29, 0.717) is 24.8 Å². The summed E-state index contributed by atoms with van der Waals surface area (Å²) in [5.74, 6) is 0.481. The first kappa shape index (κ1) is 18.2. The van der Waals surface area contributed by atoms with Gasteiger partial charge in [0.05, 0.1) is 11.8 Å². The van der Waals surface area contributed by atoms with Gasteiger partial charge in [-0.1, -0.05) is 35.5 Å². The molecule has 144 valence electrons. The van der Waals surface area contributed by atoms with Crippen LogP contribution in [0.5, 0.6) is 0 Å². The molecule has 1 amide bonds. The zero-order valence-corrected chi connectivity index (χ0v) is 15.6. The third-order valence-corrected chi connectivity index (χ3v) is 5.68. The molecular formula is C21H27N3O3. The van der Waals surface area contributed by atoms with E-state index in [1.165, 1.54) is 5.56 Å². The Hall–Kier alpha value is -2.18. The molecule has 0 unspecified atom stereocenters. The molecule has 2 aromatic rings. The second-order valence-electron chi connectivity index (χ2n) is 7.70. The number of amides is 1. The fourth-order valence-electron chi connectivity index (χ4n) is 4.11. The van der Waals surface area contributed by atoms with Crippen molar-refractivity contribution in [1.82, 2.24) is 15.0 Å². The Morgan fingerprint density at radius 1 is 1.15 bits per heavy atom. The van der Waals surface area contributed by atoms with Crippen LogP contribution in [0.15, 0.2) is 40.9 Å². The number of aliphatic hydroxyl groups is 1. The van der Waals surface area contributed by atoms with Crippen molar-refractivity contribution in [3.8, 4) is 0 Å². The maximum Gasteiger partial charge on any atom is 0.292 e. The number of carbonyl (C=O) groups is 1. The summed E-state index contributed by atoms with van der Waals surface area (Å²) >= 11 is 0. The number of hydrogen-bond donors (Lipinski definition) is 1. The maximum absolute atomic E-state index is 12.6. The highest BCUT2D eigenvalue weighted by Gasteiger charge is 2.28. The summed E-state index contributed by atoms with van der Waals surface area (Å²) in [6.45, 7) is 4.08. The zero-order chi connectivity index (χ0) is 18.6. The van der Waals surface area contributed by atoms with Crippen LogP contribution in [0.4, 0.5) is 0 Å². The van der Waals surface area contributed by atoms with Gasteiger partial charge in [-0.2, -0.15) is 0 Å². The van der Waals surface area contributed by atoms with Crippen molar-refractivity contribution in [3.63, 3.8) is 0 Å². The molecule has 6 heteroatoms. The molecule has 2 fully saturated rings. The molecule has 0 radical (unpaired) electrons. The van der Waals surface area contributed by atoms with Crippen LogP contribution in [0.2, 0.25) is 0 Å². The molecule has 0 spiro atoms. The van der Waals surface area contributed by atoms with Gasteiger partial charge in [-0.15, -0.1) is 0 Å². The Balaban J connectivity index is 1.32. The minimum Gasteiger partial charge on any atom is -0.391 e. The summed E-state index contributed by atoms with van der Waals surface area (Å²) < 4.78 is 5.35. The molecule has 1 N–H and O–H groups in total. The number of hydrogen-bond acceptors (Lipinski definition) is 5. The standard InChI is InChI=1S/C21H27N3O3/c25-18-7-4-10-24(15-18)21(26)20-13-19(22-27-20)17-8-11-23(12-9-17)14-16-5-2-1-3-6-16/h1-3,5-6,13,17-18,25H,4,7-12,14-15H2/t18-/m1/s1. The third kappa shape index (κ3) is 4.39. The van der Waals surface area contributed by atoms with Crippen LogP contribution in [0.1, 0.15) is 53.4 Å². The molecule has 2 aliphatic heterocycles. The van der Waals surface area contributed by atoms with E-state index < -0.39 is 6.10 Å². The maximum atomic E-state index is 12.6. The van der Waals surface area contributed by atoms with Crippen molar-refractivity contribution in [2.45, 2.75) is 44.2 Å². The number of likely N-dealkylation sites (tertiary alicyclic amines) is 2. The summed E-state index contributed by atoms with van der Waals surface area (Å²) in [5.41, 5.74) is 2.23. The average molecular weight is 369 g/mol. The molecule has 2 saturated heterocycles. The van der Waals surface area contributed by atoms with Crippen LogP contribution >= 0.6 is 0 Å². The lowest BCUT2D eigenvalue weighted by molar-refractivity contribution is 0.0441. The quantitative estimate of drug-likeness (QED) is 0.897. The first-order valence-electron chi connectivity index (χ1n) is 9.89. The normalized spacial score (nSPS) is 22.1. The average Bonchev–Trinajstić information content (AvgIpc) is 3.19. The van der Waals surface area contributed by atoms with Crippen LogP contribution in [0.25, 0.3) is 0 Å². The molecule has 1 atom stereocenters. The largest absolute Gasteiger partial charge is 0.391 e. The monoisotopic (exact) mass is 369 g/mol. The fraction of sp³-hybridized carbons (Fsp3) is 0.524. The van der Waals surface area contributed by atoms with Crippen LogP contribution in [0.3, 0.4) is 0 Å². The summed E-state index contributed by atoms with van der Waals surface area (Å²) in [6, 6.07) is 12.3. The second-order valence-corrected chi connectivity index (χ2v) is 7.70. The highest BCUT2D eigenvalue weighted by atomic mass is 16.5. The second kappa shape index (κ2) is 8.23. The van der Waals surface area contributed by atoms with Crippen LogP contribution in [0, 0.1) is 0 Å². The molecule has 1 aromatic carbocycles. The Kier molecular flexibility index (Phi) is 5.55. The molecular weight excluding hydrogens is 342 g/mol. The number of carbonyl (C=O) groups excluding carboxylic acids is 1. The predicted molar refractivity (Wildman–Crippen MR) is 101 cm³/mol. The number of nitrogens with zero attached hydrogens (tertiary/aromatic N) is 3. The zero-order valence-electron chi connectivity index (χ0n) is 15.6. The molecule has 0 bridgehead atoms. The van der Waals surface area contributed by atoms with Crippen molar-refractivity contribution in [3.05, 3.63) is 53.4 Å². The van der Waals surface area contributed by atoms with E-state index >= 15 is 0 Å². The van der Waals surface area contributed by atoms with Crippen LogP contribution in [-0.4, -0.2) is 58.3 Å². The molecule has 6 nitrogen and oxygen atoms in total. The van der Waals surface area contributed by atoms with Gasteiger partial charge in [0.1, 0.15) is 0 Å². The summed E-state index contributed by atoms with van der Waals surface area (Å²) in [7, 11) is 0. The summed E-state index contributed by atoms with van der Waals surface area (Å²) in [6.07, 6.45) is 3.20. The van der Waals surface area contributed by atoms with E-state index in [1.54, 1.807) is 11.0 Å². The number of rotatable bonds is 4. The number of piperidine rings is 2. The first-order valence-corrected chi connectivity index (χ1v) is 9.89. The smallest absolute Gasteiger partial charge is 0.292 e. The molecule has 1 aromatic heterocycles. The van der Waals surface area contributed by atoms with E-state index in [1.807, 2.05) is 6.07 Å². The van der Waals surface area contributed by atoms with Crippen molar-refractivity contribution >= 4 is 5.91 Å². The van der Waals surface area contributed by atoms with Gasteiger partial charge in [0.15, 0.2) is 0 Å². The van der Waals surface area contributed by atoms with Crippen molar-refractivity contribution in [2.24, 2.45) is 0 Å². The predicted octanol–water partition coefficient (Wildman–Crippen LogP) is 2.65. The molecule has 0 saturated carbocycles. The Labute approximate surface area is 159 Å². The lowest BCUT2D eigenvalue weighted by Gasteiger charge is -2.31.